The summed E-state index contributed by atoms with van der Waals surface area (Å²) >= 11 is 0. The molecule has 130 valence electrons. The molecule has 1 aliphatic carbocycles. The second-order valence-corrected chi connectivity index (χ2v) is 7.34. The largest absolute Gasteiger partial charge is 0.476 e. The maximum atomic E-state index is 12.3. The summed E-state index contributed by atoms with van der Waals surface area (Å²) < 4.78 is 11.6. The van der Waals surface area contributed by atoms with Crippen LogP contribution in [0.2, 0.25) is 0 Å². The van der Waals surface area contributed by atoms with Gasteiger partial charge in [-0.25, -0.2) is 4.98 Å². The van der Waals surface area contributed by atoms with Crippen LogP contribution in [0.5, 0.6) is 5.88 Å². The molecule has 3 heterocycles. The molecule has 2 aliphatic heterocycles. The first kappa shape index (κ1) is 15.8. The van der Waals surface area contributed by atoms with Crippen molar-refractivity contribution in [3.05, 3.63) is 18.6 Å². The Morgan fingerprint density at radius 3 is 2.83 bits per heavy atom. The molecule has 1 aromatic heterocycles. The van der Waals surface area contributed by atoms with Crippen LogP contribution < -0.4 is 4.74 Å². The van der Waals surface area contributed by atoms with Crippen LogP contribution in [0.3, 0.4) is 0 Å². The highest BCUT2D eigenvalue weighted by Gasteiger charge is 2.45. The number of rotatable bonds is 4. The van der Waals surface area contributed by atoms with Gasteiger partial charge in [-0.1, -0.05) is 0 Å². The number of nitrogens with zero attached hydrogens (tertiary/aromatic N) is 3. The second kappa shape index (κ2) is 6.67. The molecule has 1 saturated carbocycles. The number of hydrogen-bond acceptors (Lipinski definition) is 5. The number of piperidine rings is 1. The Bertz CT molecular complexity index is 568. The smallest absolute Gasteiger partial charge is 0.232 e. The van der Waals surface area contributed by atoms with Crippen LogP contribution >= 0.6 is 0 Å². The van der Waals surface area contributed by atoms with Crippen molar-refractivity contribution in [1.29, 1.82) is 0 Å². The van der Waals surface area contributed by atoms with Crippen molar-refractivity contribution >= 4 is 5.91 Å². The lowest BCUT2D eigenvalue weighted by Gasteiger charge is -2.48. The summed E-state index contributed by atoms with van der Waals surface area (Å²) in [4.78, 5) is 22.6. The van der Waals surface area contributed by atoms with Crippen LogP contribution in [0.15, 0.2) is 18.6 Å². The van der Waals surface area contributed by atoms with Gasteiger partial charge >= 0.3 is 0 Å². The van der Waals surface area contributed by atoms with Crippen LogP contribution in [-0.2, 0) is 9.53 Å². The van der Waals surface area contributed by atoms with Crippen molar-refractivity contribution in [3.8, 4) is 5.88 Å². The summed E-state index contributed by atoms with van der Waals surface area (Å²) in [5.41, 5.74) is 0.237. The van der Waals surface area contributed by atoms with Gasteiger partial charge in [0.25, 0.3) is 0 Å². The molecule has 2 saturated heterocycles. The van der Waals surface area contributed by atoms with Crippen LogP contribution in [0, 0.1) is 17.3 Å². The summed E-state index contributed by atoms with van der Waals surface area (Å²) in [6, 6.07) is 0. The van der Waals surface area contributed by atoms with Crippen LogP contribution in [0.25, 0.3) is 0 Å². The lowest BCUT2D eigenvalue weighted by molar-refractivity contribution is -0.139. The molecule has 1 aromatic rings. The number of aromatic nitrogens is 2. The molecule has 3 aliphatic rings. The Hall–Kier alpha value is -1.69. The standard InChI is InChI=1S/C18H25N3O3/c22-17(14-1-2-14)21-8-3-18(4-9-21)5-10-23-12-15(18)13-24-16-11-19-6-7-20-16/h6-7,11,14-15H,1-5,8-10,12-13H2. The van der Waals surface area contributed by atoms with Crippen molar-refractivity contribution < 1.29 is 14.3 Å². The van der Waals surface area contributed by atoms with Crippen LogP contribution in [0.1, 0.15) is 32.1 Å². The highest BCUT2D eigenvalue weighted by atomic mass is 16.5. The van der Waals surface area contributed by atoms with Gasteiger partial charge in [-0.15, -0.1) is 0 Å². The van der Waals surface area contributed by atoms with Crippen molar-refractivity contribution in [2.45, 2.75) is 32.1 Å². The lowest BCUT2D eigenvalue weighted by atomic mass is 9.66. The van der Waals surface area contributed by atoms with Gasteiger partial charge in [0.1, 0.15) is 0 Å². The minimum Gasteiger partial charge on any atom is -0.476 e. The number of hydrogen-bond donors (Lipinski definition) is 0. The van der Waals surface area contributed by atoms with E-state index in [4.69, 9.17) is 9.47 Å². The van der Waals surface area contributed by atoms with E-state index in [9.17, 15) is 4.79 Å². The molecule has 1 spiro atoms. The van der Waals surface area contributed by atoms with Gasteiger partial charge in [0.05, 0.1) is 19.4 Å². The van der Waals surface area contributed by atoms with E-state index >= 15 is 0 Å². The van der Waals surface area contributed by atoms with Gasteiger partial charge in [-0.2, -0.15) is 0 Å². The van der Waals surface area contributed by atoms with Gasteiger partial charge in [0.2, 0.25) is 11.8 Å². The zero-order valence-electron chi connectivity index (χ0n) is 14.0. The van der Waals surface area contributed by atoms with E-state index in [0.717, 1.165) is 58.4 Å². The van der Waals surface area contributed by atoms with E-state index < -0.39 is 0 Å². The highest BCUT2D eigenvalue weighted by Crippen LogP contribution is 2.45. The quantitative estimate of drug-likeness (QED) is 0.843. The SMILES string of the molecule is O=C(C1CC1)N1CCC2(CCOCC2COc2cnccn2)CC1. The summed E-state index contributed by atoms with van der Waals surface area (Å²) in [6.45, 7) is 3.93. The van der Waals surface area contributed by atoms with Gasteiger partial charge in [-0.3, -0.25) is 9.78 Å². The summed E-state index contributed by atoms with van der Waals surface area (Å²) in [5, 5.41) is 0. The second-order valence-electron chi connectivity index (χ2n) is 7.34. The van der Waals surface area contributed by atoms with Crippen molar-refractivity contribution in [2.75, 3.05) is 32.9 Å². The molecule has 6 nitrogen and oxygen atoms in total. The third kappa shape index (κ3) is 3.24. The van der Waals surface area contributed by atoms with E-state index in [-0.39, 0.29) is 5.41 Å². The Labute approximate surface area is 142 Å². The molecule has 1 atom stereocenters. The van der Waals surface area contributed by atoms with Crippen LogP contribution in [0.4, 0.5) is 0 Å². The fourth-order valence-corrected chi connectivity index (χ4v) is 4.07. The predicted octanol–water partition coefficient (Wildman–Crippen LogP) is 1.91. The maximum absolute atomic E-state index is 12.3. The normalized spacial score (nSPS) is 26.3. The number of ether oxygens (including phenoxy) is 2. The average Bonchev–Trinajstić information content (AvgIpc) is 3.47. The highest BCUT2D eigenvalue weighted by molar-refractivity contribution is 5.81. The molecule has 4 rings (SSSR count). The minimum absolute atomic E-state index is 0.237. The van der Waals surface area contributed by atoms with Crippen molar-refractivity contribution in [3.63, 3.8) is 0 Å². The van der Waals surface area contributed by atoms with E-state index in [1.807, 2.05) is 0 Å². The van der Waals surface area contributed by atoms with Gasteiger partial charge in [-0.05, 0) is 37.5 Å². The van der Waals surface area contributed by atoms with Crippen LogP contribution in [-0.4, -0.2) is 53.7 Å². The number of carbonyl (C=O) groups excluding carboxylic acids is 1. The van der Waals surface area contributed by atoms with Crippen molar-refractivity contribution in [1.82, 2.24) is 14.9 Å². The fourth-order valence-electron chi connectivity index (χ4n) is 4.07. The van der Waals surface area contributed by atoms with Crippen molar-refractivity contribution in [2.24, 2.45) is 17.3 Å². The predicted molar refractivity (Wildman–Crippen MR) is 87.4 cm³/mol. The molecule has 6 heteroatoms. The summed E-state index contributed by atoms with van der Waals surface area (Å²) in [6.07, 6.45) is 10.3. The lowest BCUT2D eigenvalue weighted by Crippen LogP contribution is -2.51. The molecule has 0 N–H and O–H groups in total. The molecule has 0 radical (unpaired) electrons. The molecule has 0 bridgehead atoms. The molecule has 3 fully saturated rings. The van der Waals surface area contributed by atoms with Gasteiger partial charge < -0.3 is 14.4 Å². The summed E-state index contributed by atoms with van der Waals surface area (Å²) in [7, 11) is 0. The third-order valence-corrected chi connectivity index (χ3v) is 5.90. The number of amides is 1. The Kier molecular flexibility index (Phi) is 4.39. The molecular formula is C18H25N3O3. The minimum atomic E-state index is 0.237. The first-order valence-electron chi connectivity index (χ1n) is 9.02. The first-order valence-corrected chi connectivity index (χ1v) is 9.02. The molecule has 1 amide bonds. The Balaban J connectivity index is 1.37. The van der Waals surface area contributed by atoms with E-state index in [1.165, 1.54) is 0 Å². The van der Waals surface area contributed by atoms with E-state index in [1.54, 1.807) is 18.6 Å². The number of carbonyl (C=O) groups is 1. The van der Waals surface area contributed by atoms with E-state index in [2.05, 4.69) is 14.9 Å². The fraction of sp³-hybridized carbons (Fsp3) is 0.722. The zero-order valence-corrected chi connectivity index (χ0v) is 14.0. The maximum Gasteiger partial charge on any atom is 0.232 e. The molecular weight excluding hydrogens is 306 g/mol. The zero-order chi connectivity index (χ0) is 16.4. The average molecular weight is 331 g/mol. The van der Waals surface area contributed by atoms with Gasteiger partial charge in [0.15, 0.2) is 0 Å². The summed E-state index contributed by atoms with van der Waals surface area (Å²) in [5.74, 6) is 1.62. The molecule has 24 heavy (non-hydrogen) atoms. The molecule has 1 unspecified atom stereocenters. The Morgan fingerprint density at radius 2 is 2.12 bits per heavy atom. The first-order chi connectivity index (χ1) is 11.8. The molecule has 0 aromatic carbocycles. The Morgan fingerprint density at radius 1 is 1.29 bits per heavy atom. The van der Waals surface area contributed by atoms with E-state index in [0.29, 0.717) is 30.2 Å². The monoisotopic (exact) mass is 331 g/mol. The topological polar surface area (TPSA) is 64.6 Å². The number of likely N-dealkylation sites (tertiary alicyclic amines) is 1. The third-order valence-electron chi connectivity index (χ3n) is 5.90. The van der Waals surface area contributed by atoms with Gasteiger partial charge in [0, 0.05) is 43.9 Å².